The van der Waals surface area contributed by atoms with Crippen molar-refractivity contribution in [2.75, 3.05) is 19.7 Å². The number of esters is 1. The topological polar surface area (TPSA) is 46.6 Å². The maximum absolute atomic E-state index is 12.3. The molecule has 0 aromatic heterocycles. The monoisotopic (exact) mass is 255 g/mol. The predicted molar refractivity (Wildman–Crippen MR) is 70.0 cm³/mol. The number of hydrogen-bond acceptors (Lipinski definition) is 3. The van der Waals surface area contributed by atoms with Crippen LogP contribution in [0.15, 0.2) is 0 Å². The quantitative estimate of drug-likeness (QED) is 0.708. The molecule has 0 aromatic rings. The highest BCUT2D eigenvalue weighted by Crippen LogP contribution is 2.29. The highest BCUT2D eigenvalue weighted by Gasteiger charge is 2.28. The molecule has 18 heavy (non-hydrogen) atoms. The third-order valence-corrected chi connectivity index (χ3v) is 3.68. The van der Waals surface area contributed by atoms with E-state index in [1.54, 1.807) is 11.8 Å². The van der Waals surface area contributed by atoms with E-state index in [-0.39, 0.29) is 24.3 Å². The fourth-order valence-corrected chi connectivity index (χ4v) is 2.47. The van der Waals surface area contributed by atoms with Crippen molar-refractivity contribution in [3.8, 4) is 0 Å². The van der Waals surface area contributed by atoms with Gasteiger partial charge in [-0.1, -0.05) is 6.92 Å². The Hall–Kier alpha value is -1.06. The van der Waals surface area contributed by atoms with Crippen LogP contribution in [0.3, 0.4) is 0 Å². The molecule has 1 aliphatic rings. The van der Waals surface area contributed by atoms with Gasteiger partial charge in [0.1, 0.15) is 6.54 Å². The first kappa shape index (κ1) is 15.0. The van der Waals surface area contributed by atoms with Crippen molar-refractivity contribution in [1.82, 2.24) is 4.90 Å². The maximum Gasteiger partial charge on any atom is 0.325 e. The highest BCUT2D eigenvalue weighted by molar-refractivity contribution is 5.83. The minimum atomic E-state index is -0.308. The summed E-state index contributed by atoms with van der Waals surface area (Å²) in [5.41, 5.74) is 0. The van der Waals surface area contributed by atoms with Crippen molar-refractivity contribution < 1.29 is 14.3 Å². The van der Waals surface area contributed by atoms with E-state index in [0.717, 1.165) is 31.6 Å². The van der Waals surface area contributed by atoms with Gasteiger partial charge in [-0.25, -0.2) is 0 Å². The zero-order valence-electron chi connectivity index (χ0n) is 11.8. The molecule has 0 heterocycles. The van der Waals surface area contributed by atoms with Gasteiger partial charge in [0, 0.05) is 12.5 Å². The lowest BCUT2D eigenvalue weighted by atomic mass is 9.82. The fourth-order valence-electron chi connectivity index (χ4n) is 2.47. The van der Waals surface area contributed by atoms with E-state index in [2.05, 4.69) is 6.92 Å². The van der Waals surface area contributed by atoms with Crippen LogP contribution in [0.5, 0.6) is 0 Å². The molecule has 0 aromatic carbocycles. The molecule has 0 atom stereocenters. The number of nitrogens with zero attached hydrogens (tertiary/aromatic N) is 1. The summed E-state index contributed by atoms with van der Waals surface area (Å²) in [6.07, 6.45) is 4.15. The van der Waals surface area contributed by atoms with Crippen LogP contribution in [-0.2, 0) is 14.3 Å². The van der Waals surface area contributed by atoms with Crippen LogP contribution in [0, 0.1) is 11.8 Å². The molecule has 1 amide bonds. The zero-order valence-corrected chi connectivity index (χ0v) is 11.8. The van der Waals surface area contributed by atoms with Crippen molar-refractivity contribution in [3.63, 3.8) is 0 Å². The maximum atomic E-state index is 12.3. The smallest absolute Gasteiger partial charge is 0.325 e. The molecule has 0 unspecified atom stereocenters. The molecule has 0 bridgehead atoms. The van der Waals surface area contributed by atoms with Gasteiger partial charge >= 0.3 is 5.97 Å². The van der Waals surface area contributed by atoms with Crippen LogP contribution in [-0.4, -0.2) is 36.5 Å². The lowest BCUT2D eigenvalue weighted by molar-refractivity contribution is -0.150. The molecular weight excluding hydrogens is 230 g/mol. The van der Waals surface area contributed by atoms with Crippen molar-refractivity contribution >= 4 is 11.9 Å². The van der Waals surface area contributed by atoms with Crippen LogP contribution < -0.4 is 0 Å². The lowest BCUT2D eigenvalue weighted by Crippen LogP contribution is -2.41. The molecule has 0 radical (unpaired) electrons. The Morgan fingerprint density at radius 2 is 1.78 bits per heavy atom. The molecule has 1 rings (SSSR count). The van der Waals surface area contributed by atoms with Gasteiger partial charge in [0.25, 0.3) is 0 Å². The Bertz CT molecular complexity index is 283. The van der Waals surface area contributed by atoms with E-state index in [1.807, 2.05) is 6.92 Å². The van der Waals surface area contributed by atoms with Gasteiger partial charge in [0.15, 0.2) is 0 Å². The molecule has 0 saturated heterocycles. The third kappa shape index (κ3) is 4.31. The van der Waals surface area contributed by atoms with E-state index in [4.69, 9.17) is 4.74 Å². The van der Waals surface area contributed by atoms with Gasteiger partial charge in [0.05, 0.1) is 6.61 Å². The Kier molecular flexibility index (Phi) is 6.16. The molecule has 1 fully saturated rings. The summed E-state index contributed by atoms with van der Waals surface area (Å²) in [5.74, 6) is 0.652. The van der Waals surface area contributed by atoms with Gasteiger partial charge in [-0.05, 0) is 45.4 Å². The minimum Gasteiger partial charge on any atom is -0.465 e. The summed E-state index contributed by atoms with van der Waals surface area (Å²) >= 11 is 0. The zero-order chi connectivity index (χ0) is 13.5. The van der Waals surface area contributed by atoms with Crippen molar-refractivity contribution in [1.29, 1.82) is 0 Å². The van der Waals surface area contributed by atoms with Gasteiger partial charge in [0.2, 0.25) is 5.91 Å². The second-order valence-corrected chi connectivity index (χ2v) is 5.11. The molecule has 104 valence electrons. The van der Waals surface area contributed by atoms with Gasteiger partial charge in [-0.3, -0.25) is 9.59 Å². The van der Waals surface area contributed by atoms with Crippen molar-refractivity contribution in [2.45, 2.75) is 46.5 Å². The van der Waals surface area contributed by atoms with E-state index < -0.39 is 0 Å². The number of hydrogen-bond donors (Lipinski definition) is 0. The van der Waals surface area contributed by atoms with Crippen molar-refractivity contribution in [3.05, 3.63) is 0 Å². The molecule has 0 aliphatic heterocycles. The molecule has 4 heteroatoms. The molecule has 4 nitrogen and oxygen atoms in total. The summed E-state index contributed by atoms with van der Waals surface area (Å²) in [4.78, 5) is 25.4. The second-order valence-electron chi connectivity index (χ2n) is 5.11. The number of amides is 1. The summed E-state index contributed by atoms with van der Waals surface area (Å²) in [7, 11) is 0. The Morgan fingerprint density at radius 3 is 2.28 bits per heavy atom. The molecule has 0 N–H and O–H groups in total. The summed E-state index contributed by atoms with van der Waals surface area (Å²) in [5, 5.41) is 0. The summed E-state index contributed by atoms with van der Waals surface area (Å²) in [6.45, 7) is 6.95. The minimum absolute atomic E-state index is 0.0925. The van der Waals surface area contributed by atoms with Gasteiger partial charge in [-0.15, -0.1) is 0 Å². The molecule has 1 aliphatic carbocycles. The largest absolute Gasteiger partial charge is 0.465 e. The SMILES string of the molecule is CCOC(=O)CN(CC)C(=O)C1CCC(C)CC1. The highest BCUT2D eigenvalue weighted by atomic mass is 16.5. The molecule has 0 spiro atoms. The van der Waals surface area contributed by atoms with Crippen LogP contribution in [0.1, 0.15) is 46.5 Å². The van der Waals surface area contributed by atoms with E-state index in [0.29, 0.717) is 13.2 Å². The van der Waals surface area contributed by atoms with Crippen LogP contribution in [0.2, 0.25) is 0 Å². The summed E-state index contributed by atoms with van der Waals surface area (Å²) < 4.78 is 4.90. The third-order valence-electron chi connectivity index (χ3n) is 3.68. The molecular formula is C14H25NO3. The average Bonchev–Trinajstić information content (AvgIpc) is 2.36. The van der Waals surface area contributed by atoms with Crippen LogP contribution >= 0.6 is 0 Å². The number of rotatable bonds is 5. The number of likely N-dealkylation sites (N-methyl/N-ethyl adjacent to an activating group) is 1. The van der Waals surface area contributed by atoms with Crippen LogP contribution in [0.25, 0.3) is 0 Å². The van der Waals surface area contributed by atoms with Gasteiger partial charge < -0.3 is 9.64 Å². The first-order chi connectivity index (χ1) is 8.58. The Balaban J connectivity index is 2.48. The first-order valence-corrected chi connectivity index (χ1v) is 7.02. The van der Waals surface area contributed by atoms with E-state index in [9.17, 15) is 9.59 Å². The normalized spacial score (nSPS) is 23.5. The first-order valence-electron chi connectivity index (χ1n) is 7.02. The van der Waals surface area contributed by atoms with Gasteiger partial charge in [-0.2, -0.15) is 0 Å². The van der Waals surface area contributed by atoms with E-state index in [1.165, 1.54) is 0 Å². The standard InChI is InChI=1S/C14H25NO3/c1-4-15(10-13(16)18-5-2)14(17)12-8-6-11(3)7-9-12/h11-12H,4-10H2,1-3H3. The number of carbonyl (C=O) groups excluding carboxylic acids is 2. The molecule has 1 saturated carbocycles. The van der Waals surface area contributed by atoms with Crippen LogP contribution in [0.4, 0.5) is 0 Å². The number of ether oxygens (including phenoxy) is 1. The van der Waals surface area contributed by atoms with Crippen molar-refractivity contribution in [2.24, 2.45) is 11.8 Å². The second kappa shape index (κ2) is 7.39. The lowest BCUT2D eigenvalue weighted by Gasteiger charge is -2.30. The number of carbonyl (C=O) groups is 2. The average molecular weight is 255 g/mol. The predicted octanol–water partition coefficient (Wildman–Crippen LogP) is 2.22. The summed E-state index contributed by atoms with van der Waals surface area (Å²) in [6, 6.07) is 0. The van der Waals surface area contributed by atoms with E-state index >= 15 is 0 Å². The fraction of sp³-hybridized carbons (Fsp3) is 0.857. The Labute approximate surface area is 110 Å². The Morgan fingerprint density at radius 1 is 1.17 bits per heavy atom.